The lowest BCUT2D eigenvalue weighted by atomic mass is 9.75. The van der Waals surface area contributed by atoms with E-state index in [4.69, 9.17) is 4.74 Å². The van der Waals surface area contributed by atoms with E-state index in [1.165, 1.54) is 13.3 Å². The molecule has 130 valence electrons. The Bertz CT molecular complexity index is 601. The predicted octanol–water partition coefficient (Wildman–Crippen LogP) is 4.66. The Morgan fingerprint density at radius 1 is 1.17 bits per heavy atom. The summed E-state index contributed by atoms with van der Waals surface area (Å²) in [6.45, 7) is 7.96. The molecule has 0 saturated heterocycles. The van der Waals surface area contributed by atoms with Gasteiger partial charge >= 0.3 is 5.97 Å². The van der Waals surface area contributed by atoms with Crippen LogP contribution in [0.25, 0.3) is 6.08 Å². The molecule has 1 aliphatic rings. The van der Waals surface area contributed by atoms with Crippen molar-refractivity contribution in [2.75, 3.05) is 0 Å². The average molecular weight is 328 g/mol. The number of ether oxygens (including phenoxy) is 1. The van der Waals surface area contributed by atoms with E-state index in [2.05, 4.69) is 20.8 Å². The van der Waals surface area contributed by atoms with Gasteiger partial charge in [-0.15, -0.1) is 0 Å². The quantitative estimate of drug-likeness (QED) is 0.342. The number of carbonyl (C=O) groups excluding carboxylic acids is 2. The summed E-state index contributed by atoms with van der Waals surface area (Å²) in [5.74, 6) is 0.644. The maximum atomic E-state index is 12.6. The fourth-order valence-electron chi connectivity index (χ4n) is 3.47. The largest absolute Gasteiger partial charge is 0.458 e. The molecule has 0 aromatic heterocycles. The lowest BCUT2D eigenvalue weighted by molar-refractivity contribution is -0.151. The van der Waals surface area contributed by atoms with Crippen LogP contribution in [0.15, 0.2) is 35.9 Å². The molecule has 1 fully saturated rings. The van der Waals surface area contributed by atoms with E-state index >= 15 is 0 Å². The fraction of sp³-hybridized carbons (Fsp3) is 0.524. The normalized spacial score (nSPS) is 24.7. The molecule has 0 unspecified atom stereocenters. The zero-order chi connectivity index (χ0) is 17.7. The molecule has 1 aliphatic carbocycles. The first-order valence-electron chi connectivity index (χ1n) is 8.87. The lowest BCUT2D eigenvalue weighted by Crippen LogP contribution is -2.36. The van der Waals surface area contributed by atoms with E-state index in [9.17, 15) is 9.59 Å². The van der Waals surface area contributed by atoms with Gasteiger partial charge in [-0.3, -0.25) is 4.79 Å². The molecule has 24 heavy (non-hydrogen) atoms. The monoisotopic (exact) mass is 328 g/mol. The van der Waals surface area contributed by atoms with E-state index in [0.717, 1.165) is 18.4 Å². The van der Waals surface area contributed by atoms with Crippen LogP contribution in [0.4, 0.5) is 0 Å². The van der Waals surface area contributed by atoms with Gasteiger partial charge in [0.2, 0.25) is 0 Å². The van der Waals surface area contributed by atoms with Gasteiger partial charge in [-0.05, 0) is 49.2 Å². The van der Waals surface area contributed by atoms with Gasteiger partial charge < -0.3 is 4.74 Å². The summed E-state index contributed by atoms with van der Waals surface area (Å²) in [7, 11) is 0. The highest BCUT2D eigenvalue weighted by atomic mass is 16.5. The molecule has 0 radical (unpaired) electrons. The maximum absolute atomic E-state index is 12.6. The number of hydrogen-bond acceptors (Lipinski definition) is 3. The first-order valence-corrected chi connectivity index (χ1v) is 8.87. The summed E-state index contributed by atoms with van der Waals surface area (Å²) in [5.41, 5.74) is 0.957. The van der Waals surface area contributed by atoms with Crippen LogP contribution in [0.2, 0.25) is 0 Å². The Kier molecular flexibility index (Phi) is 6.36. The third kappa shape index (κ3) is 4.80. The molecule has 3 nitrogen and oxygen atoms in total. The zero-order valence-corrected chi connectivity index (χ0v) is 15.1. The van der Waals surface area contributed by atoms with Crippen LogP contribution in [0.5, 0.6) is 0 Å². The molecule has 2 rings (SSSR count). The maximum Gasteiger partial charge on any atom is 0.342 e. The predicted molar refractivity (Wildman–Crippen MR) is 96.3 cm³/mol. The van der Waals surface area contributed by atoms with Gasteiger partial charge in [-0.25, -0.2) is 4.79 Å². The number of esters is 1. The smallest absolute Gasteiger partial charge is 0.342 e. The number of hydrogen-bond donors (Lipinski definition) is 0. The van der Waals surface area contributed by atoms with Crippen LogP contribution in [0.1, 0.15) is 52.5 Å². The third-order valence-electron chi connectivity index (χ3n) is 4.93. The second-order valence-corrected chi connectivity index (χ2v) is 7.29. The van der Waals surface area contributed by atoms with Crippen LogP contribution in [0.3, 0.4) is 0 Å². The summed E-state index contributed by atoms with van der Waals surface area (Å²) >= 11 is 0. The van der Waals surface area contributed by atoms with Crippen molar-refractivity contribution in [2.24, 2.45) is 17.8 Å². The second kappa shape index (κ2) is 8.27. The number of Topliss-reactive ketones (excluding diaryl/α,β-unsaturated/α-hetero) is 1. The average Bonchev–Trinajstić information content (AvgIpc) is 2.53. The first kappa shape index (κ1) is 18.4. The highest BCUT2D eigenvalue weighted by Crippen LogP contribution is 2.35. The summed E-state index contributed by atoms with van der Waals surface area (Å²) in [5, 5.41) is 0. The topological polar surface area (TPSA) is 43.4 Å². The standard InChI is InChI=1S/C21H28O3/c1-14(2)18-11-10-15(3)12-20(18)24-21(23)19(16(4)22)13-17-8-6-5-7-9-17/h5-9,13-15,18,20H,10-12H2,1-4H3/b19-13-/t15-,18+,20+/m0/s1. The summed E-state index contributed by atoms with van der Waals surface area (Å²) in [6.07, 6.45) is 4.66. The second-order valence-electron chi connectivity index (χ2n) is 7.29. The summed E-state index contributed by atoms with van der Waals surface area (Å²) < 4.78 is 5.80. The van der Waals surface area contributed by atoms with Crippen LogP contribution in [0, 0.1) is 17.8 Å². The lowest BCUT2D eigenvalue weighted by Gasteiger charge is -2.36. The minimum atomic E-state index is -0.490. The van der Waals surface area contributed by atoms with Gasteiger partial charge in [-0.1, -0.05) is 57.5 Å². The molecule has 0 amide bonds. The highest BCUT2D eigenvalue weighted by molar-refractivity contribution is 6.19. The van der Waals surface area contributed by atoms with Crippen LogP contribution in [-0.2, 0) is 14.3 Å². The van der Waals surface area contributed by atoms with E-state index in [0.29, 0.717) is 17.8 Å². The van der Waals surface area contributed by atoms with Gasteiger partial charge in [0.15, 0.2) is 5.78 Å². The van der Waals surface area contributed by atoms with Crippen molar-refractivity contribution in [1.82, 2.24) is 0 Å². The zero-order valence-electron chi connectivity index (χ0n) is 15.1. The Labute approximate surface area is 145 Å². The van der Waals surface area contributed by atoms with Crippen molar-refractivity contribution in [1.29, 1.82) is 0 Å². The molecule has 0 bridgehead atoms. The fourth-order valence-corrected chi connectivity index (χ4v) is 3.47. The Balaban J connectivity index is 2.18. The Morgan fingerprint density at radius 2 is 1.83 bits per heavy atom. The molecule has 1 saturated carbocycles. The van der Waals surface area contributed by atoms with Crippen molar-refractivity contribution in [2.45, 2.75) is 53.1 Å². The Morgan fingerprint density at radius 3 is 2.42 bits per heavy atom. The van der Waals surface area contributed by atoms with Crippen molar-refractivity contribution >= 4 is 17.8 Å². The number of benzene rings is 1. The first-order chi connectivity index (χ1) is 11.4. The van der Waals surface area contributed by atoms with Gasteiger partial charge in [-0.2, -0.15) is 0 Å². The van der Waals surface area contributed by atoms with E-state index in [-0.39, 0.29) is 17.5 Å². The molecule has 1 aromatic carbocycles. The molecule has 0 N–H and O–H groups in total. The van der Waals surface area contributed by atoms with Crippen molar-refractivity contribution in [3.63, 3.8) is 0 Å². The number of ketones is 1. The van der Waals surface area contributed by atoms with Crippen LogP contribution in [-0.4, -0.2) is 17.9 Å². The van der Waals surface area contributed by atoms with Crippen LogP contribution >= 0.6 is 0 Å². The molecule has 0 aliphatic heterocycles. The SMILES string of the molecule is CC(=O)/C(=C/c1ccccc1)C(=O)O[C@@H]1C[C@@H](C)CC[C@@H]1C(C)C. The third-order valence-corrected chi connectivity index (χ3v) is 4.93. The molecule has 3 atom stereocenters. The molecule has 1 aromatic rings. The van der Waals surface area contributed by atoms with E-state index < -0.39 is 5.97 Å². The minimum Gasteiger partial charge on any atom is -0.458 e. The van der Waals surface area contributed by atoms with E-state index in [1.807, 2.05) is 30.3 Å². The van der Waals surface area contributed by atoms with Gasteiger partial charge in [0.05, 0.1) is 0 Å². The van der Waals surface area contributed by atoms with Gasteiger partial charge in [0, 0.05) is 0 Å². The molecule has 0 heterocycles. The minimum absolute atomic E-state index is 0.0974. The van der Waals surface area contributed by atoms with Gasteiger partial charge in [0.25, 0.3) is 0 Å². The Hall–Kier alpha value is -1.90. The van der Waals surface area contributed by atoms with E-state index in [1.54, 1.807) is 6.08 Å². The molecular weight excluding hydrogens is 300 g/mol. The molecule has 0 spiro atoms. The summed E-state index contributed by atoms with van der Waals surface area (Å²) in [4.78, 5) is 24.6. The molecule has 3 heteroatoms. The van der Waals surface area contributed by atoms with Crippen molar-refractivity contribution in [3.05, 3.63) is 41.5 Å². The number of carbonyl (C=O) groups is 2. The van der Waals surface area contributed by atoms with Crippen molar-refractivity contribution in [3.8, 4) is 0 Å². The van der Waals surface area contributed by atoms with Gasteiger partial charge in [0.1, 0.15) is 11.7 Å². The molecular formula is C21H28O3. The van der Waals surface area contributed by atoms with Crippen LogP contribution < -0.4 is 0 Å². The summed E-state index contributed by atoms with van der Waals surface area (Å²) in [6, 6.07) is 9.41. The highest BCUT2D eigenvalue weighted by Gasteiger charge is 2.34. The number of rotatable bonds is 5. The van der Waals surface area contributed by atoms with Crippen molar-refractivity contribution < 1.29 is 14.3 Å².